The lowest BCUT2D eigenvalue weighted by molar-refractivity contribution is 0.122. The first-order valence-corrected chi connectivity index (χ1v) is 8.39. The molecule has 0 radical (unpaired) electrons. The Kier molecular flexibility index (Phi) is 5.96. The second-order valence-electron chi connectivity index (χ2n) is 6.08. The predicted octanol–water partition coefficient (Wildman–Crippen LogP) is 2.62. The molecule has 6 heteroatoms. The molecule has 25 heavy (non-hydrogen) atoms. The average Bonchev–Trinajstić information content (AvgIpc) is 2.63. The van der Waals surface area contributed by atoms with E-state index in [2.05, 4.69) is 22.3 Å². The summed E-state index contributed by atoms with van der Waals surface area (Å²) in [6.07, 6.45) is -1.02. The van der Waals surface area contributed by atoms with E-state index in [1.807, 2.05) is 12.1 Å². The van der Waals surface area contributed by atoms with Gasteiger partial charge in [-0.05, 0) is 23.8 Å². The molecule has 0 aromatic heterocycles. The van der Waals surface area contributed by atoms with Crippen LogP contribution in [0.5, 0.6) is 0 Å². The Hall–Kier alpha value is -2.02. The van der Waals surface area contributed by atoms with E-state index < -0.39 is 17.7 Å². The SMILES string of the molecule is OC(CNCc1ccc(N2CCOCC2)cc1)c1ccc(F)cc1F. The van der Waals surface area contributed by atoms with E-state index in [4.69, 9.17) is 4.74 Å². The quantitative estimate of drug-likeness (QED) is 0.842. The zero-order valence-electron chi connectivity index (χ0n) is 13.9. The molecule has 0 aliphatic carbocycles. The Labute approximate surface area is 146 Å². The highest BCUT2D eigenvalue weighted by atomic mass is 19.1. The molecule has 1 fully saturated rings. The molecule has 4 nitrogen and oxygen atoms in total. The first-order chi connectivity index (χ1) is 12.1. The lowest BCUT2D eigenvalue weighted by Gasteiger charge is -2.28. The summed E-state index contributed by atoms with van der Waals surface area (Å²) in [6, 6.07) is 11.4. The van der Waals surface area contributed by atoms with Gasteiger partial charge in [-0.25, -0.2) is 8.78 Å². The van der Waals surface area contributed by atoms with Gasteiger partial charge in [0.1, 0.15) is 11.6 Å². The summed E-state index contributed by atoms with van der Waals surface area (Å²) in [6.45, 7) is 4.04. The van der Waals surface area contributed by atoms with Crippen molar-refractivity contribution in [2.45, 2.75) is 12.6 Å². The third-order valence-corrected chi connectivity index (χ3v) is 4.30. The van der Waals surface area contributed by atoms with Gasteiger partial charge in [-0.2, -0.15) is 0 Å². The molecule has 1 atom stereocenters. The number of nitrogens with zero attached hydrogens (tertiary/aromatic N) is 1. The molecule has 0 spiro atoms. The van der Waals surface area contributed by atoms with Crippen molar-refractivity contribution in [2.24, 2.45) is 0 Å². The minimum absolute atomic E-state index is 0.0940. The number of aliphatic hydroxyl groups excluding tert-OH is 1. The zero-order valence-corrected chi connectivity index (χ0v) is 13.9. The van der Waals surface area contributed by atoms with Crippen LogP contribution in [-0.2, 0) is 11.3 Å². The van der Waals surface area contributed by atoms with Gasteiger partial charge in [-0.15, -0.1) is 0 Å². The van der Waals surface area contributed by atoms with Crippen molar-refractivity contribution >= 4 is 5.69 Å². The van der Waals surface area contributed by atoms with Crippen molar-refractivity contribution < 1.29 is 18.6 Å². The van der Waals surface area contributed by atoms with Crippen LogP contribution in [0.1, 0.15) is 17.2 Å². The van der Waals surface area contributed by atoms with Crippen LogP contribution >= 0.6 is 0 Å². The number of ether oxygens (including phenoxy) is 1. The molecule has 2 aromatic rings. The van der Waals surface area contributed by atoms with Crippen LogP contribution in [0.3, 0.4) is 0 Å². The third-order valence-electron chi connectivity index (χ3n) is 4.30. The van der Waals surface area contributed by atoms with Crippen molar-refractivity contribution in [2.75, 3.05) is 37.7 Å². The summed E-state index contributed by atoms with van der Waals surface area (Å²) in [7, 11) is 0. The Morgan fingerprint density at radius 1 is 1.08 bits per heavy atom. The number of benzene rings is 2. The highest BCUT2D eigenvalue weighted by Crippen LogP contribution is 2.18. The van der Waals surface area contributed by atoms with Gasteiger partial charge in [0.25, 0.3) is 0 Å². The monoisotopic (exact) mass is 348 g/mol. The molecular weight excluding hydrogens is 326 g/mol. The number of rotatable bonds is 6. The van der Waals surface area contributed by atoms with Gasteiger partial charge < -0.3 is 20.1 Å². The molecule has 1 unspecified atom stereocenters. The van der Waals surface area contributed by atoms with Crippen LogP contribution < -0.4 is 10.2 Å². The fourth-order valence-electron chi connectivity index (χ4n) is 2.88. The van der Waals surface area contributed by atoms with Crippen LogP contribution in [0, 0.1) is 11.6 Å². The number of halogens is 2. The normalized spacial score (nSPS) is 16.0. The predicted molar refractivity (Wildman–Crippen MR) is 92.5 cm³/mol. The fraction of sp³-hybridized carbons (Fsp3) is 0.368. The minimum atomic E-state index is -1.02. The molecule has 1 aliphatic rings. The summed E-state index contributed by atoms with van der Waals surface area (Å²) in [5.74, 6) is -1.38. The third kappa shape index (κ3) is 4.75. The average molecular weight is 348 g/mol. The van der Waals surface area contributed by atoms with Crippen molar-refractivity contribution in [3.05, 3.63) is 65.2 Å². The maximum absolute atomic E-state index is 13.6. The van der Waals surface area contributed by atoms with E-state index in [0.717, 1.165) is 44.0 Å². The van der Waals surface area contributed by atoms with Crippen LogP contribution in [0.15, 0.2) is 42.5 Å². The number of hydrogen-bond acceptors (Lipinski definition) is 4. The van der Waals surface area contributed by atoms with Crippen molar-refractivity contribution in [1.82, 2.24) is 5.32 Å². The van der Waals surface area contributed by atoms with Crippen LogP contribution in [0.25, 0.3) is 0 Å². The van der Waals surface area contributed by atoms with Gasteiger partial charge in [-0.3, -0.25) is 0 Å². The van der Waals surface area contributed by atoms with Crippen LogP contribution in [0.4, 0.5) is 14.5 Å². The van der Waals surface area contributed by atoms with Crippen molar-refractivity contribution in [1.29, 1.82) is 0 Å². The first kappa shape index (κ1) is 17.8. The molecule has 0 saturated carbocycles. The largest absolute Gasteiger partial charge is 0.387 e. The molecule has 2 aromatic carbocycles. The second kappa shape index (κ2) is 8.38. The molecule has 0 amide bonds. The topological polar surface area (TPSA) is 44.7 Å². The number of nitrogens with one attached hydrogen (secondary N) is 1. The van der Waals surface area contributed by atoms with Gasteiger partial charge in [0.15, 0.2) is 0 Å². The zero-order chi connectivity index (χ0) is 17.6. The highest BCUT2D eigenvalue weighted by Gasteiger charge is 2.13. The Bertz CT molecular complexity index is 688. The van der Waals surface area contributed by atoms with Gasteiger partial charge in [-0.1, -0.05) is 18.2 Å². The van der Waals surface area contributed by atoms with E-state index in [0.29, 0.717) is 6.54 Å². The van der Waals surface area contributed by atoms with Crippen molar-refractivity contribution in [3.63, 3.8) is 0 Å². The van der Waals surface area contributed by atoms with Crippen LogP contribution in [-0.4, -0.2) is 38.0 Å². The van der Waals surface area contributed by atoms with Gasteiger partial charge in [0.05, 0.1) is 19.3 Å². The summed E-state index contributed by atoms with van der Waals surface area (Å²) < 4.78 is 31.9. The minimum Gasteiger partial charge on any atom is -0.387 e. The number of morpholine rings is 1. The van der Waals surface area contributed by atoms with Crippen molar-refractivity contribution in [3.8, 4) is 0 Å². The number of hydrogen-bond donors (Lipinski definition) is 2. The second-order valence-corrected chi connectivity index (χ2v) is 6.08. The maximum atomic E-state index is 13.6. The molecule has 2 N–H and O–H groups in total. The van der Waals surface area contributed by atoms with Crippen LogP contribution in [0.2, 0.25) is 0 Å². The molecule has 134 valence electrons. The highest BCUT2D eigenvalue weighted by molar-refractivity contribution is 5.47. The summed E-state index contributed by atoms with van der Waals surface area (Å²) >= 11 is 0. The molecule has 1 aliphatic heterocycles. The summed E-state index contributed by atoms with van der Waals surface area (Å²) in [5.41, 5.74) is 2.33. The molecule has 0 bridgehead atoms. The summed E-state index contributed by atoms with van der Waals surface area (Å²) in [5, 5.41) is 13.1. The van der Waals surface area contributed by atoms with Gasteiger partial charge in [0, 0.05) is 43.5 Å². The number of aliphatic hydroxyl groups is 1. The smallest absolute Gasteiger partial charge is 0.131 e. The van der Waals surface area contributed by atoms with E-state index in [-0.39, 0.29) is 12.1 Å². The van der Waals surface area contributed by atoms with Gasteiger partial charge in [0.2, 0.25) is 0 Å². The Balaban J connectivity index is 1.49. The first-order valence-electron chi connectivity index (χ1n) is 8.39. The standard InChI is InChI=1S/C19H22F2N2O2/c20-15-3-6-17(18(21)11-15)19(24)13-22-12-14-1-4-16(5-2-14)23-7-9-25-10-8-23/h1-6,11,19,22,24H,7-10,12-13H2. The molecular formula is C19H22F2N2O2. The lowest BCUT2D eigenvalue weighted by Crippen LogP contribution is -2.36. The maximum Gasteiger partial charge on any atom is 0.131 e. The fourth-order valence-corrected chi connectivity index (χ4v) is 2.88. The lowest BCUT2D eigenvalue weighted by atomic mass is 10.1. The number of anilines is 1. The molecule has 3 rings (SSSR count). The Morgan fingerprint density at radius 2 is 1.80 bits per heavy atom. The van der Waals surface area contributed by atoms with E-state index in [9.17, 15) is 13.9 Å². The molecule has 1 saturated heterocycles. The van der Waals surface area contributed by atoms with E-state index in [1.165, 1.54) is 11.8 Å². The summed E-state index contributed by atoms with van der Waals surface area (Å²) in [4.78, 5) is 2.28. The Morgan fingerprint density at radius 3 is 2.48 bits per heavy atom. The van der Waals surface area contributed by atoms with E-state index in [1.54, 1.807) is 0 Å². The van der Waals surface area contributed by atoms with E-state index >= 15 is 0 Å². The van der Waals surface area contributed by atoms with Gasteiger partial charge >= 0.3 is 0 Å². The molecule has 1 heterocycles.